The molecule has 9 nitrogen and oxygen atoms in total. The van der Waals surface area contributed by atoms with Crippen LogP contribution in [0.1, 0.15) is 25.3 Å². The molecule has 0 saturated carbocycles. The zero-order valence-corrected chi connectivity index (χ0v) is 19.1. The summed E-state index contributed by atoms with van der Waals surface area (Å²) in [5.74, 6) is -1.22. The zero-order valence-electron chi connectivity index (χ0n) is 18.3. The summed E-state index contributed by atoms with van der Waals surface area (Å²) in [7, 11) is -2.24. The minimum Gasteiger partial charge on any atom is -0.350 e. The third-order valence-electron chi connectivity index (χ3n) is 5.59. The summed E-state index contributed by atoms with van der Waals surface area (Å²) in [6.07, 6.45) is 1.66. The smallest absolute Gasteiger partial charge is 0.277 e. The topological polar surface area (TPSA) is 116 Å². The van der Waals surface area contributed by atoms with Gasteiger partial charge in [-0.2, -0.15) is 4.31 Å². The van der Waals surface area contributed by atoms with Crippen LogP contribution in [0.4, 0.5) is 11.4 Å². The fourth-order valence-electron chi connectivity index (χ4n) is 3.90. The third-order valence-corrected chi connectivity index (χ3v) is 7.48. The average Bonchev–Trinajstić information content (AvgIpc) is 3.40. The molecule has 2 heterocycles. The number of sulfonamides is 1. The highest BCUT2D eigenvalue weighted by molar-refractivity contribution is 7.89. The molecule has 1 fully saturated rings. The van der Waals surface area contributed by atoms with Crippen molar-refractivity contribution in [3.05, 3.63) is 59.8 Å². The molecule has 2 aliphatic heterocycles. The minimum atomic E-state index is -3.63. The third kappa shape index (κ3) is 4.39. The van der Waals surface area contributed by atoms with Crippen LogP contribution in [0, 0.1) is 0 Å². The molecule has 0 bridgehead atoms. The van der Waals surface area contributed by atoms with Crippen molar-refractivity contribution in [1.29, 1.82) is 0 Å². The van der Waals surface area contributed by atoms with Crippen molar-refractivity contribution in [1.82, 2.24) is 9.21 Å². The van der Waals surface area contributed by atoms with E-state index in [4.69, 9.17) is 0 Å². The minimum absolute atomic E-state index is 0.0606. The number of nitrogens with zero attached hydrogens (tertiary/aromatic N) is 2. The highest BCUT2D eigenvalue weighted by Gasteiger charge is 2.37. The molecule has 1 saturated heterocycles. The molecule has 2 aromatic rings. The predicted molar refractivity (Wildman–Crippen MR) is 124 cm³/mol. The number of carbonyl (C=O) groups is 3. The lowest BCUT2D eigenvalue weighted by molar-refractivity contribution is -0.135. The first-order chi connectivity index (χ1) is 15.7. The Morgan fingerprint density at radius 1 is 0.939 bits per heavy atom. The maximum atomic E-state index is 12.9. The second-order valence-electron chi connectivity index (χ2n) is 7.94. The molecule has 2 N–H and O–H groups in total. The van der Waals surface area contributed by atoms with Crippen molar-refractivity contribution in [2.24, 2.45) is 0 Å². The lowest BCUT2D eigenvalue weighted by Gasteiger charge is -2.16. The Labute approximate surface area is 192 Å². The van der Waals surface area contributed by atoms with Crippen LogP contribution in [0.25, 0.3) is 5.57 Å². The van der Waals surface area contributed by atoms with Crippen molar-refractivity contribution in [3.63, 3.8) is 0 Å². The Balaban J connectivity index is 1.69. The van der Waals surface area contributed by atoms with E-state index >= 15 is 0 Å². The second-order valence-corrected chi connectivity index (χ2v) is 9.88. The van der Waals surface area contributed by atoms with Crippen molar-refractivity contribution >= 4 is 44.7 Å². The number of amides is 3. The lowest BCUT2D eigenvalue weighted by atomic mass is 10.0. The molecule has 0 unspecified atom stereocenters. The largest absolute Gasteiger partial charge is 0.350 e. The Morgan fingerprint density at radius 3 is 2.24 bits per heavy atom. The summed E-state index contributed by atoms with van der Waals surface area (Å²) in [4.78, 5) is 38.0. The molecule has 0 radical (unpaired) electrons. The van der Waals surface area contributed by atoms with Gasteiger partial charge >= 0.3 is 0 Å². The SMILES string of the molecule is CC(=O)Nc1ccc(C2=C(Nc3cccc(S(=O)(=O)N4CCCC4)c3)C(=O)N(C)C2=O)cc1. The summed E-state index contributed by atoms with van der Waals surface area (Å²) < 4.78 is 27.3. The molecule has 2 aromatic carbocycles. The maximum absolute atomic E-state index is 12.9. The first-order valence-corrected chi connectivity index (χ1v) is 11.9. The van der Waals surface area contributed by atoms with E-state index in [0.29, 0.717) is 30.0 Å². The Morgan fingerprint density at radius 2 is 1.61 bits per heavy atom. The van der Waals surface area contributed by atoms with Gasteiger partial charge in [0.1, 0.15) is 5.70 Å². The number of imide groups is 1. The van der Waals surface area contributed by atoms with Crippen molar-refractivity contribution in [2.45, 2.75) is 24.7 Å². The highest BCUT2D eigenvalue weighted by Crippen LogP contribution is 2.31. The van der Waals surface area contributed by atoms with Gasteiger partial charge in [-0.25, -0.2) is 8.42 Å². The van der Waals surface area contributed by atoms with Gasteiger partial charge in [-0.1, -0.05) is 18.2 Å². The van der Waals surface area contributed by atoms with Gasteiger partial charge in [0.05, 0.1) is 10.5 Å². The molecule has 0 atom stereocenters. The van der Waals surface area contributed by atoms with Gasteiger partial charge in [0, 0.05) is 38.4 Å². The van der Waals surface area contributed by atoms with Crippen LogP contribution in [0.15, 0.2) is 59.1 Å². The number of rotatable bonds is 6. The quantitative estimate of drug-likeness (QED) is 0.629. The van der Waals surface area contributed by atoms with E-state index in [0.717, 1.165) is 17.7 Å². The molecule has 172 valence electrons. The van der Waals surface area contributed by atoms with Crippen molar-refractivity contribution in [3.8, 4) is 0 Å². The van der Waals surface area contributed by atoms with Crippen LogP contribution < -0.4 is 10.6 Å². The number of likely N-dealkylation sites (N-methyl/N-ethyl adjacent to an activating group) is 1. The predicted octanol–water partition coefficient (Wildman–Crippen LogP) is 2.25. The molecule has 0 aliphatic carbocycles. The average molecular weight is 469 g/mol. The van der Waals surface area contributed by atoms with Gasteiger partial charge in [-0.3, -0.25) is 19.3 Å². The van der Waals surface area contributed by atoms with Crippen LogP contribution in [-0.4, -0.2) is 55.5 Å². The second kappa shape index (κ2) is 8.80. The first-order valence-electron chi connectivity index (χ1n) is 10.5. The molecule has 2 aliphatic rings. The van der Waals surface area contributed by atoms with Crippen molar-refractivity contribution < 1.29 is 22.8 Å². The number of nitrogens with one attached hydrogen (secondary N) is 2. The Hall–Kier alpha value is -3.50. The highest BCUT2D eigenvalue weighted by atomic mass is 32.2. The maximum Gasteiger partial charge on any atom is 0.277 e. The molecule has 3 amide bonds. The number of hydrogen-bond acceptors (Lipinski definition) is 6. The van der Waals surface area contributed by atoms with Crippen molar-refractivity contribution in [2.75, 3.05) is 30.8 Å². The fourth-order valence-corrected chi connectivity index (χ4v) is 5.47. The standard InChI is InChI=1S/C23H24N4O5S/c1-15(28)24-17-10-8-16(9-11-17)20-21(23(30)26(2)22(20)29)25-18-6-5-7-19(14-18)33(31,32)27-12-3-4-13-27/h5-11,14,25H,3-4,12-13H2,1-2H3,(H,24,28). The normalized spacial score (nSPS) is 17.1. The monoisotopic (exact) mass is 468 g/mol. The Kier molecular flexibility index (Phi) is 6.05. The number of anilines is 2. The molecule has 10 heteroatoms. The summed E-state index contributed by atoms with van der Waals surface area (Å²) in [5.41, 5.74) is 1.67. The summed E-state index contributed by atoms with van der Waals surface area (Å²) in [6.45, 7) is 2.37. The van der Waals surface area contributed by atoms with Crippen LogP contribution in [0.2, 0.25) is 0 Å². The van der Waals surface area contributed by atoms with Gasteiger partial charge in [-0.05, 0) is 48.7 Å². The van der Waals surface area contributed by atoms with E-state index in [1.807, 2.05) is 0 Å². The zero-order chi connectivity index (χ0) is 23.8. The summed E-state index contributed by atoms with van der Waals surface area (Å²) in [6, 6.07) is 12.8. The van der Waals surface area contributed by atoms with Gasteiger partial charge in [0.15, 0.2) is 0 Å². The van der Waals surface area contributed by atoms with Crippen LogP contribution in [0.5, 0.6) is 0 Å². The Bertz CT molecular complexity index is 1260. The van der Waals surface area contributed by atoms with E-state index in [-0.39, 0.29) is 22.1 Å². The lowest BCUT2D eigenvalue weighted by Crippen LogP contribution is -2.28. The first kappa shape index (κ1) is 22.7. The number of hydrogen-bond donors (Lipinski definition) is 2. The van der Waals surface area contributed by atoms with E-state index < -0.39 is 21.8 Å². The van der Waals surface area contributed by atoms with Gasteiger partial charge in [-0.15, -0.1) is 0 Å². The van der Waals surface area contributed by atoms with Gasteiger partial charge < -0.3 is 10.6 Å². The van der Waals surface area contributed by atoms with Crippen LogP contribution in [0.3, 0.4) is 0 Å². The summed E-state index contributed by atoms with van der Waals surface area (Å²) in [5, 5.41) is 5.62. The number of benzene rings is 2. The van der Waals surface area contributed by atoms with E-state index in [1.165, 1.54) is 30.4 Å². The van der Waals surface area contributed by atoms with Crippen LogP contribution >= 0.6 is 0 Å². The molecule has 0 aromatic heterocycles. The molecular formula is C23H24N4O5S. The van der Waals surface area contributed by atoms with E-state index in [9.17, 15) is 22.8 Å². The number of carbonyl (C=O) groups excluding carboxylic acids is 3. The molecular weight excluding hydrogens is 444 g/mol. The van der Waals surface area contributed by atoms with E-state index in [2.05, 4.69) is 10.6 Å². The summed E-state index contributed by atoms with van der Waals surface area (Å²) >= 11 is 0. The fraction of sp³-hybridized carbons (Fsp3) is 0.261. The van der Waals surface area contributed by atoms with E-state index in [1.54, 1.807) is 36.4 Å². The van der Waals surface area contributed by atoms with Gasteiger partial charge in [0.25, 0.3) is 11.8 Å². The van der Waals surface area contributed by atoms with Gasteiger partial charge in [0.2, 0.25) is 15.9 Å². The molecule has 33 heavy (non-hydrogen) atoms. The van der Waals surface area contributed by atoms with Crippen LogP contribution in [-0.2, 0) is 24.4 Å². The molecule has 4 rings (SSSR count). The molecule has 0 spiro atoms.